The van der Waals surface area contributed by atoms with Crippen LogP contribution in [0.1, 0.15) is 37.3 Å². The molecule has 0 saturated heterocycles. The Balaban J connectivity index is 3.33. The van der Waals surface area contributed by atoms with Crippen LogP contribution in [0.25, 0.3) is 0 Å². The first kappa shape index (κ1) is 13.6. The molecule has 0 aliphatic heterocycles. The molecule has 0 amide bonds. The zero-order valence-corrected chi connectivity index (χ0v) is 10.9. The molecule has 0 radical (unpaired) electrons. The minimum Gasteiger partial charge on any atom is -0.493 e. The molecular weight excluding hydrogens is 216 g/mol. The zero-order valence-electron chi connectivity index (χ0n) is 10.9. The van der Waals surface area contributed by atoms with Gasteiger partial charge in [-0.1, -0.05) is 19.9 Å². The van der Waals surface area contributed by atoms with Crippen LogP contribution in [0.3, 0.4) is 0 Å². The summed E-state index contributed by atoms with van der Waals surface area (Å²) >= 11 is 0. The average molecular weight is 236 g/mol. The summed E-state index contributed by atoms with van der Waals surface area (Å²) in [5.74, 6) is 1.62. The predicted molar refractivity (Wildman–Crippen MR) is 68.0 cm³/mol. The van der Waals surface area contributed by atoms with Gasteiger partial charge < -0.3 is 14.3 Å². The van der Waals surface area contributed by atoms with Crippen LogP contribution in [0.5, 0.6) is 11.5 Å². The summed E-state index contributed by atoms with van der Waals surface area (Å²) in [5, 5.41) is 0. The molecule has 1 unspecified atom stereocenters. The van der Waals surface area contributed by atoms with Gasteiger partial charge in [0.15, 0.2) is 11.5 Å². The lowest BCUT2D eigenvalue weighted by Crippen LogP contribution is -2.04. The largest absolute Gasteiger partial charge is 0.493 e. The van der Waals surface area contributed by atoms with Crippen LogP contribution in [-0.2, 0) is 11.2 Å². The molecule has 0 heterocycles. The van der Waals surface area contributed by atoms with E-state index in [0.29, 0.717) is 6.42 Å². The number of rotatable bonds is 6. The maximum Gasteiger partial charge on any atom is 0.164 e. The summed E-state index contributed by atoms with van der Waals surface area (Å²) in [4.78, 5) is 10.7. The molecule has 17 heavy (non-hydrogen) atoms. The van der Waals surface area contributed by atoms with Crippen LogP contribution >= 0.6 is 0 Å². The van der Waals surface area contributed by atoms with Crippen LogP contribution in [-0.4, -0.2) is 20.5 Å². The van der Waals surface area contributed by atoms with E-state index in [4.69, 9.17) is 9.47 Å². The van der Waals surface area contributed by atoms with E-state index in [9.17, 15) is 4.79 Å². The topological polar surface area (TPSA) is 35.5 Å². The van der Waals surface area contributed by atoms with Crippen LogP contribution in [0, 0.1) is 0 Å². The molecule has 0 bridgehead atoms. The van der Waals surface area contributed by atoms with Gasteiger partial charge in [0, 0.05) is 12.0 Å². The van der Waals surface area contributed by atoms with Gasteiger partial charge in [0.2, 0.25) is 0 Å². The van der Waals surface area contributed by atoms with Crippen molar-refractivity contribution in [3.05, 3.63) is 23.3 Å². The fourth-order valence-corrected chi connectivity index (χ4v) is 2.10. The van der Waals surface area contributed by atoms with Gasteiger partial charge in [0.1, 0.15) is 6.29 Å². The van der Waals surface area contributed by atoms with Crippen LogP contribution in [0.4, 0.5) is 0 Å². The molecule has 1 aromatic carbocycles. The molecular formula is C14H20O3. The first-order chi connectivity index (χ1) is 8.19. The normalized spacial score (nSPS) is 12.0. The van der Waals surface area contributed by atoms with Gasteiger partial charge in [-0.15, -0.1) is 0 Å². The van der Waals surface area contributed by atoms with Crippen molar-refractivity contribution in [1.29, 1.82) is 0 Å². The SMILES string of the molecule is CCc1ccc(OC)c(OC)c1C(C)CC=O. The Hall–Kier alpha value is -1.51. The third kappa shape index (κ3) is 2.78. The Kier molecular flexibility index (Phi) is 5.01. The number of methoxy groups -OCH3 is 2. The fraction of sp³-hybridized carbons (Fsp3) is 0.500. The summed E-state index contributed by atoms with van der Waals surface area (Å²) in [5.41, 5.74) is 2.29. The average Bonchev–Trinajstić information content (AvgIpc) is 2.36. The second kappa shape index (κ2) is 6.28. The minimum absolute atomic E-state index is 0.146. The van der Waals surface area contributed by atoms with E-state index in [-0.39, 0.29) is 5.92 Å². The van der Waals surface area contributed by atoms with E-state index in [1.807, 2.05) is 19.1 Å². The van der Waals surface area contributed by atoms with Crippen LogP contribution in [0.2, 0.25) is 0 Å². The van der Waals surface area contributed by atoms with Gasteiger partial charge in [0.05, 0.1) is 14.2 Å². The van der Waals surface area contributed by atoms with Crippen LogP contribution < -0.4 is 9.47 Å². The van der Waals surface area contributed by atoms with Crippen molar-refractivity contribution < 1.29 is 14.3 Å². The molecule has 0 N–H and O–H groups in total. The quantitative estimate of drug-likeness (QED) is 0.712. The molecule has 94 valence electrons. The van der Waals surface area contributed by atoms with Crippen molar-refractivity contribution in [3.8, 4) is 11.5 Å². The van der Waals surface area contributed by atoms with E-state index in [0.717, 1.165) is 29.8 Å². The van der Waals surface area contributed by atoms with Gasteiger partial charge in [0.25, 0.3) is 0 Å². The first-order valence-corrected chi connectivity index (χ1v) is 5.86. The Labute approximate surface area is 103 Å². The van der Waals surface area contributed by atoms with Gasteiger partial charge in [-0.3, -0.25) is 0 Å². The van der Waals surface area contributed by atoms with E-state index in [2.05, 4.69) is 6.92 Å². The van der Waals surface area contributed by atoms with Crippen molar-refractivity contribution in [2.45, 2.75) is 32.6 Å². The van der Waals surface area contributed by atoms with Crippen molar-refractivity contribution in [2.24, 2.45) is 0 Å². The Morgan fingerprint density at radius 2 is 2.00 bits per heavy atom. The fourth-order valence-electron chi connectivity index (χ4n) is 2.10. The lowest BCUT2D eigenvalue weighted by Gasteiger charge is -2.20. The molecule has 3 heteroatoms. The van der Waals surface area contributed by atoms with Crippen LogP contribution in [0.15, 0.2) is 12.1 Å². The Bertz CT molecular complexity index is 385. The highest BCUT2D eigenvalue weighted by molar-refractivity contribution is 5.57. The molecule has 0 aromatic heterocycles. The van der Waals surface area contributed by atoms with Gasteiger partial charge in [-0.2, -0.15) is 0 Å². The molecule has 0 aliphatic carbocycles. The molecule has 1 aromatic rings. The second-order valence-electron chi connectivity index (χ2n) is 4.03. The van der Waals surface area contributed by atoms with Gasteiger partial charge in [-0.25, -0.2) is 0 Å². The highest BCUT2D eigenvalue weighted by Crippen LogP contribution is 2.39. The second-order valence-corrected chi connectivity index (χ2v) is 4.03. The highest BCUT2D eigenvalue weighted by atomic mass is 16.5. The number of aldehydes is 1. The molecule has 0 fully saturated rings. The smallest absolute Gasteiger partial charge is 0.164 e. The standard InChI is InChI=1S/C14H20O3/c1-5-11-6-7-12(16-3)14(17-4)13(11)10(2)8-9-15/h6-7,9-10H,5,8H2,1-4H3. The van der Waals surface area contributed by atoms with E-state index in [1.165, 1.54) is 5.56 Å². The number of hydrogen-bond donors (Lipinski definition) is 0. The lowest BCUT2D eigenvalue weighted by molar-refractivity contribution is -0.108. The van der Waals surface area contributed by atoms with E-state index < -0.39 is 0 Å². The maximum absolute atomic E-state index is 10.7. The summed E-state index contributed by atoms with van der Waals surface area (Å²) < 4.78 is 10.7. The molecule has 0 aliphatic rings. The third-order valence-electron chi connectivity index (χ3n) is 3.00. The molecule has 0 spiro atoms. The highest BCUT2D eigenvalue weighted by Gasteiger charge is 2.19. The third-order valence-corrected chi connectivity index (χ3v) is 3.00. The number of carbonyl (C=O) groups is 1. The monoisotopic (exact) mass is 236 g/mol. The molecule has 3 nitrogen and oxygen atoms in total. The number of ether oxygens (including phenoxy) is 2. The number of aryl methyl sites for hydroxylation is 1. The summed E-state index contributed by atoms with van der Waals surface area (Å²) in [7, 11) is 3.26. The Morgan fingerprint density at radius 1 is 1.29 bits per heavy atom. The number of benzene rings is 1. The first-order valence-electron chi connectivity index (χ1n) is 5.86. The number of hydrogen-bond acceptors (Lipinski definition) is 3. The zero-order chi connectivity index (χ0) is 12.8. The van der Waals surface area contributed by atoms with Crippen molar-refractivity contribution >= 4 is 6.29 Å². The van der Waals surface area contributed by atoms with Gasteiger partial charge >= 0.3 is 0 Å². The summed E-state index contributed by atoms with van der Waals surface area (Å²) in [6.07, 6.45) is 2.36. The maximum atomic E-state index is 10.7. The van der Waals surface area contributed by atoms with Crippen molar-refractivity contribution in [2.75, 3.05) is 14.2 Å². The lowest BCUT2D eigenvalue weighted by atomic mass is 9.91. The summed E-state index contributed by atoms with van der Waals surface area (Å²) in [6.45, 7) is 4.13. The van der Waals surface area contributed by atoms with Crippen molar-refractivity contribution in [1.82, 2.24) is 0 Å². The number of carbonyl (C=O) groups excluding carboxylic acids is 1. The predicted octanol–water partition coefficient (Wildman–Crippen LogP) is 2.96. The minimum atomic E-state index is 0.146. The molecule has 0 saturated carbocycles. The molecule has 1 atom stereocenters. The summed E-state index contributed by atoms with van der Waals surface area (Å²) in [6, 6.07) is 3.95. The Morgan fingerprint density at radius 3 is 2.47 bits per heavy atom. The molecule has 1 rings (SSSR count). The van der Waals surface area contributed by atoms with Gasteiger partial charge in [-0.05, 0) is 24.0 Å². The van der Waals surface area contributed by atoms with E-state index in [1.54, 1.807) is 14.2 Å². The van der Waals surface area contributed by atoms with Crippen molar-refractivity contribution in [3.63, 3.8) is 0 Å². The van der Waals surface area contributed by atoms with E-state index >= 15 is 0 Å².